The Morgan fingerprint density at radius 3 is 1.30 bits per heavy atom. The number of carbonyl (C=O) groups excluding carboxylic acids is 2. The topological polar surface area (TPSA) is 99.1 Å². The van der Waals surface area contributed by atoms with Gasteiger partial charge in [-0.15, -0.1) is 0 Å². The van der Waals surface area contributed by atoms with E-state index < -0.39 is 18.1 Å². The first-order valence-corrected chi connectivity index (χ1v) is 25.5. The maximum atomic E-state index is 12.8. The van der Waals surface area contributed by atoms with E-state index >= 15 is 0 Å². The van der Waals surface area contributed by atoms with Crippen molar-refractivity contribution in [3.8, 4) is 0 Å². The van der Waals surface area contributed by atoms with E-state index in [1.54, 1.807) is 0 Å². The third kappa shape index (κ3) is 42.6. The van der Waals surface area contributed by atoms with Crippen LogP contribution < -0.4 is 0 Å². The van der Waals surface area contributed by atoms with Crippen LogP contribution >= 0.6 is 0 Å². The second kappa shape index (κ2) is 44.2. The van der Waals surface area contributed by atoms with Crippen LogP contribution in [0.3, 0.4) is 0 Å². The van der Waals surface area contributed by atoms with Crippen molar-refractivity contribution in [3.63, 3.8) is 0 Å². The Labute approximate surface area is 376 Å². The molecule has 0 aliphatic heterocycles. The number of hydrogen-bond acceptors (Lipinski definition) is 6. The molecule has 0 spiro atoms. The van der Waals surface area contributed by atoms with Crippen LogP contribution in [0.5, 0.6) is 0 Å². The second-order valence-corrected chi connectivity index (χ2v) is 18.4. The molecule has 1 N–H and O–H groups in total. The van der Waals surface area contributed by atoms with Gasteiger partial charge < -0.3 is 23.8 Å². The van der Waals surface area contributed by atoms with Gasteiger partial charge in [-0.3, -0.25) is 9.59 Å². The molecule has 0 aromatic rings. The first-order chi connectivity index (χ1) is 29.6. The van der Waals surface area contributed by atoms with Crippen molar-refractivity contribution >= 4 is 17.9 Å². The minimum Gasteiger partial charge on any atom is -0.477 e. The highest BCUT2D eigenvalue weighted by atomic mass is 16.6. The molecule has 8 nitrogen and oxygen atoms in total. The number of rotatable bonds is 46. The maximum Gasteiger partial charge on any atom is 0.362 e. The Hall–Kier alpha value is -2.45. The summed E-state index contributed by atoms with van der Waals surface area (Å²) in [6, 6.07) is -0.618. The van der Waals surface area contributed by atoms with E-state index in [9.17, 15) is 19.5 Å². The Morgan fingerprint density at radius 1 is 0.492 bits per heavy atom. The summed E-state index contributed by atoms with van der Waals surface area (Å²) in [6.45, 7) is 4.73. The van der Waals surface area contributed by atoms with E-state index in [2.05, 4.69) is 50.3 Å². The Balaban J connectivity index is 4.25. The van der Waals surface area contributed by atoms with Crippen molar-refractivity contribution < 1.29 is 38.2 Å². The van der Waals surface area contributed by atoms with Crippen LogP contribution in [-0.2, 0) is 28.6 Å². The SMILES string of the molecule is CCCCCCCCC/C=C/CCCCCC(=O)OCC(COCCC(C(=O)O)[N+](C)(C)C)OC(=O)CCCCCCCCC/C=C/C/C=C/CCCCCCCCCCC. The van der Waals surface area contributed by atoms with Crippen LogP contribution in [0.2, 0.25) is 0 Å². The molecule has 0 fully saturated rings. The monoisotopic (exact) mass is 861 g/mol. The fourth-order valence-electron chi connectivity index (χ4n) is 7.53. The predicted octanol–water partition coefficient (Wildman–Crippen LogP) is 14.6. The molecular weight excluding hydrogens is 763 g/mol. The lowest BCUT2D eigenvalue weighted by Gasteiger charge is -2.31. The number of carboxylic acids is 1. The highest BCUT2D eigenvalue weighted by Crippen LogP contribution is 2.15. The summed E-state index contributed by atoms with van der Waals surface area (Å²) in [5.41, 5.74) is 0. The number of carbonyl (C=O) groups is 3. The van der Waals surface area contributed by atoms with Gasteiger partial charge in [-0.25, -0.2) is 4.79 Å². The van der Waals surface area contributed by atoms with Gasteiger partial charge in [0.1, 0.15) is 6.61 Å². The summed E-state index contributed by atoms with van der Waals surface area (Å²) >= 11 is 0. The summed E-state index contributed by atoms with van der Waals surface area (Å²) in [5.74, 6) is -1.49. The van der Waals surface area contributed by atoms with Crippen molar-refractivity contribution in [1.29, 1.82) is 0 Å². The third-order valence-corrected chi connectivity index (χ3v) is 11.5. The molecule has 61 heavy (non-hydrogen) atoms. The second-order valence-electron chi connectivity index (χ2n) is 18.4. The van der Waals surface area contributed by atoms with Crippen LogP contribution in [0.15, 0.2) is 36.5 Å². The van der Waals surface area contributed by atoms with Crippen molar-refractivity contribution in [2.45, 2.75) is 244 Å². The van der Waals surface area contributed by atoms with E-state index in [1.165, 1.54) is 135 Å². The van der Waals surface area contributed by atoms with Crippen LogP contribution in [0.1, 0.15) is 232 Å². The molecule has 0 aromatic heterocycles. The van der Waals surface area contributed by atoms with Gasteiger partial charge >= 0.3 is 17.9 Å². The molecule has 0 radical (unpaired) electrons. The van der Waals surface area contributed by atoms with Crippen molar-refractivity contribution in [3.05, 3.63) is 36.5 Å². The minimum atomic E-state index is -0.877. The fourth-order valence-corrected chi connectivity index (χ4v) is 7.53. The van der Waals surface area contributed by atoms with Crippen molar-refractivity contribution in [2.24, 2.45) is 0 Å². The molecule has 0 amide bonds. The molecule has 0 saturated carbocycles. The first-order valence-electron chi connectivity index (χ1n) is 25.5. The normalized spacial score (nSPS) is 13.1. The molecule has 0 saturated heterocycles. The molecule has 8 heteroatoms. The molecule has 0 heterocycles. The standard InChI is InChI=1S/C53H97NO7/c1-6-8-10-12-14-16-18-20-22-23-24-25-26-27-28-29-30-32-34-36-38-40-42-44-52(56)61-49(47-59-46-45-50(53(57)58)54(3,4)5)48-60-51(55)43-41-39-37-35-33-31-21-19-17-15-13-11-9-7-2/h24-25,27-28,31,33,49-50H,6-23,26,29-30,32,34-48H2,1-5H3/p+1/b25-24+,28-27+,33-31+. The Bertz CT molecular complexity index is 1090. The summed E-state index contributed by atoms with van der Waals surface area (Å²) in [5, 5.41) is 9.64. The maximum absolute atomic E-state index is 12.8. The van der Waals surface area contributed by atoms with Gasteiger partial charge in [0.15, 0.2) is 12.1 Å². The summed E-state index contributed by atoms with van der Waals surface area (Å²) in [6.07, 6.45) is 52.0. The van der Waals surface area contributed by atoms with Gasteiger partial charge in [-0.2, -0.15) is 0 Å². The predicted molar refractivity (Wildman–Crippen MR) is 257 cm³/mol. The Morgan fingerprint density at radius 2 is 0.869 bits per heavy atom. The van der Waals surface area contributed by atoms with Crippen LogP contribution in [0.4, 0.5) is 0 Å². The molecule has 2 atom stereocenters. The van der Waals surface area contributed by atoms with Gasteiger partial charge in [0.25, 0.3) is 0 Å². The number of carboxylic acid groups (broad SMARTS) is 1. The van der Waals surface area contributed by atoms with Gasteiger partial charge in [0.05, 0.1) is 34.4 Å². The average Bonchev–Trinajstić information content (AvgIpc) is 3.22. The molecule has 356 valence electrons. The number of ether oxygens (including phenoxy) is 3. The quantitative estimate of drug-likeness (QED) is 0.0282. The van der Waals surface area contributed by atoms with Crippen molar-refractivity contribution in [2.75, 3.05) is 41.0 Å². The van der Waals surface area contributed by atoms with Gasteiger partial charge in [0, 0.05) is 19.3 Å². The molecule has 0 rings (SSSR count). The molecule has 0 bridgehead atoms. The summed E-state index contributed by atoms with van der Waals surface area (Å²) < 4.78 is 17.3. The van der Waals surface area contributed by atoms with E-state index in [-0.39, 0.29) is 36.2 Å². The molecule has 0 aromatic carbocycles. The number of aliphatic carboxylic acids is 1. The lowest BCUT2D eigenvalue weighted by Crippen LogP contribution is -2.50. The molecular formula is C53H98NO7+. The van der Waals surface area contributed by atoms with Crippen LogP contribution in [0.25, 0.3) is 0 Å². The number of unbranched alkanes of at least 4 members (excludes halogenated alkanes) is 26. The van der Waals surface area contributed by atoms with E-state index in [4.69, 9.17) is 14.2 Å². The zero-order valence-corrected chi connectivity index (χ0v) is 40.6. The zero-order valence-electron chi connectivity index (χ0n) is 40.6. The zero-order chi connectivity index (χ0) is 44.9. The van der Waals surface area contributed by atoms with Crippen LogP contribution in [-0.4, -0.2) is 80.6 Å². The highest BCUT2D eigenvalue weighted by Gasteiger charge is 2.31. The van der Waals surface area contributed by atoms with Gasteiger partial charge in [-0.1, -0.05) is 179 Å². The summed E-state index contributed by atoms with van der Waals surface area (Å²) in [7, 11) is 5.53. The number of esters is 2. The largest absolute Gasteiger partial charge is 0.477 e. The van der Waals surface area contributed by atoms with E-state index in [1.807, 2.05) is 21.1 Å². The highest BCUT2D eigenvalue weighted by molar-refractivity contribution is 5.72. The van der Waals surface area contributed by atoms with Crippen molar-refractivity contribution in [1.82, 2.24) is 0 Å². The number of allylic oxidation sites excluding steroid dienone is 6. The number of hydrogen-bond donors (Lipinski definition) is 1. The summed E-state index contributed by atoms with van der Waals surface area (Å²) in [4.78, 5) is 37.1. The molecule has 0 aliphatic carbocycles. The smallest absolute Gasteiger partial charge is 0.362 e. The van der Waals surface area contributed by atoms with Gasteiger partial charge in [0.2, 0.25) is 0 Å². The number of likely N-dealkylation sites (N-methyl/N-ethyl adjacent to an activating group) is 1. The van der Waals surface area contributed by atoms with Crippen LogP contribution in [0, 0.1) is 0 Å². The average molecular weight is 861 g/mol. The first kappa shape index (κ1) is 58.6. The number of quaternary nitrogens is 1. The third-order valence-electron chi connectivity index (χ3n) is 11.5. The Kier molecular flexibility index (Phi) is 42.4. The molecule has 2 unspecified atom stereocenters. The van der Waals surface area contributed by atoms with E-state index in [0.717, 1.165) is 64.2 Å². The van der Waals surface area contributed by atoms with Gasteiger partial charge in [-0.05, 0) is 70.6 Å². The molecule has 0 aliphatic rings. The minimum absolute atomic E-state index is 0.0545. The number of nitrogens with zero attached hydrogens (tertiary/aromatic N) is 1. The lowest BCUT2D eigenvalue weighted by atomic mass is 10.1. The fraction of sp³-hybridized carbons (Fsp3) is 0.830. The van der Waals surface area contributed by atoms with E-state index in [0.29, 0.717) is 19.3 Å². The lowest BCUT2D eigenvalue weighted by molar-refractivity contribution is -0.887.